The van der Waals surface area contributed by atoms with E-state index in [1.54, 1.807) is 12.3 Å². The van der Waals surface area contributed by atoms with Crippen LogP contribution in [0.3, 0.4) is 0 Å². The SMILES string of the molecule is Cc1cc(-n2ccnc2C)ccc1B(O)O. The van der Waals surface area contributed by atoms with Gasteiger partial charge >= 0.3 is 7.12 Å². The van der Waals surface area contributed by atoms with Crippen molar-refractivity contribution in [1.29, 1.82) is 0 Å². The van der Waals surface area contributed by atoms with Crippen molar-refractivity contribution in [2.75, 3.05) is 0 Å². The van der Waals surface area contributed by atoms with Crippen molar-refractivity contribution in [1.82, 2.24) is 9.55 Å². The third kappa shape index (κ3) is 1.87. The molecule has 2 N–H and O–H groups in total. The first kappa shape index (κ1) is 10.9. The van der Waals surface area contributed by atoms with E-state index in [0.717, 1.165) is 17.1 Å². The van der Waals surface area contributed by atoms with E-state index in [1.807, 2.05) is 36.7 Å². The van der Waals surface area contributed by atoms with Gasteiger partial charge in [0, 0.05) is 18.1 Å². The zero-order valence-corrected chi connectivity index (χ0v) is 9.25. The lowest BCUT2D eigenvalue weighted by Crippen LogP contribution is -2.32. The lowest BCUT2D eigenvalue weighted by atomic mass is 9.77. The van der Waals surface area contributed by atoms with Gasteiger partial charge in [-0.15, -0.1) is 0 Å². The molecule has 0 bridgehead atoms. The molecule has 0 aliphatic heterocycles. The molecule has 0 spiro atoms. The molecule has 1 heterocycles. The van der Waals surface area contributed by atoms with Crippen LogP contribution in [0.25, 0.3) is 5.69 Å². The van der Waals surface area contributed by atoms with Crippen molar-refractivity contribution in [3.8, 4) is 5.69 Å². The third-order valence-corrected chi connectivity index (χ3v) is 2.64. The number of hydrogen-bond acceptors (Lipinski definition) is 3. The first-order valence-corrected chi connectivity index (χ1v) is 5.06. The van der Waals surface area contributed by atoms with E-state index < -0.39 is 7.12 Å². The summed E-state index contributed by atoms with van der Waals surface area (Å²) >= 11 is 0. The van der Waals surface area contributed by atoms with Crippen molar-refractivity contribution in [3.63, 3.8) is 0 Å². The van der Waals surface area contributed by atoms with E-state index in [2.05, 4.69) is 4.98 Å². The van der Waals surface area contributed by atoms with Crippen LogP contribution in [0, 0.1) is 13.8 Å². The van der Waals surface area contributed by atoms with E-state index in [1.165, 1.54) is 0 Å². The van der Waals surface area contributed by atoms with Crippen molar-refractivity contribution >= 4 is 12.6 Å². The minimum atomic E-state index is -1.42. The highest BCUT2D eigenvalue weighted by atomic mass is 16.4. The fourth-order valence-corrected chi connectivity index (χ4v) is 1.75. The van der Waals surface area contributed by atoms with Crippen molar-refractivity contribution in [2.24, 2.45) is 0 Å². The average Bonchev–Trinajstić information content (AvgIpc) is 2.63. The molecule has 0 aliphatic carbocycles. The van der Waals surface area contributed by atoms with Gasteiger partial charge in [0.15, 0.2) is 0 Å². The second kappa shape index (κ2) is 4.12. The molecule has 2 aromatic rings. The van der Waals surface area contributed by atoms with E-state index >= 15 is 0 Å². The zero-order valence-electron chi connectivity index (χ0n) is 9.25. The third-order valence-electron chi connectivity index (χ3n) is 2.64. The molecule has 2 rings (SSSR count). The van der Waals surface area contributed by atoms with Gasteiger partial charge in [-0.1, -0.05) is 6.07 Å². The van der Waals surface area contributed by atoms with Gasteiger partial charge in [-0.3, -0.25) is 0 Å². The largest absolute Gasteiger partial charge is 0.488 e. The van der Waals surface area contributed by atoms with Gasteiger partial charge in [0.25, 0.3) is 0 Å². The van der Waals surface area contributed by atoms with Crippen LogP contribution in [0.1, 0.15) is 11.4 Å². The molecule has 5 heteroatoms. The van der Waals surface area contributed by atoms with Crippen LogP contribution in [0.2, 0.25) is 0 Å². The van der Waals surface area contributed by atoms with Gasteiger partial charge in [-0.25, -0.2) is 4.98 Å². The van der Waals surface area contributed by atoms with Gasteiger partial charge < -0.3 is 14.6 Å². The van der Waals surface area contributed by atoms with E-state index in [4.69, 9.17) is 10.0 Å². The fraction of sp³-hybridized carbons (Fsp3) is 0.182. The predicted molar refractivity (Wildman–Crippen MR) is 62.9 cm³/mol. The number of aryl methyl sites for hydroxylation is 2. The smallest absolute Gasteiger partial charge is 0.423 e. The van der Waals surface area contributed by atoms with Crippen molar-refractivity contribution in [3.05, 3.63) is 42.0 Å². The maximum atomic E-state index is 9.12. The molecule has 0 saturated carbocycles. The molecule has 0 unspecified atom stereocenters. The topological polar surface area (TPSA) is 58.3 Å². The number of hydrogen-bond donors (Lipinski definition) is 2. The molecule has 1 aromatic heterocycles. The first-order valence-electron chi connectivity index (χ1n) is 5.06. The Hall–Kier alpha value is -1.59. The number of imidazole rings is 1. The zero-order chi connectivity index (χ0) is 11.7. The van der Waals surface area contributed by atoms with E-state index in [-0.39, 0.29) is 0 Å². The first-order chi connectivity index (χ1) is 7.59. The number of aromatic nitrogens is 2. The standard InChI is InChI=1S/C11H13BN2O2/c1-8-7-10(3-4-11(8)12(15)16)14-6-5-13-9(14)2/h3-7,15-16H,1-2H3. The minimum Gasteiger partial charge on any atom is -0.423 e. The number of nitrogens with zero attached hydrogens (tertiary/aromatic N) is 2. The van der Waals surface area contributed by atoms with Crippen LogP contribution in [0.5, 0.6) is 0 Å². The van der Waals surface area contributed by atoms with Crippen LogP contribution in [-0.2, 0) is 0 Å². The molecule has 82 valence electrons. The molecule has 0 aliphatic rings. The van der Waals surface area contributed by atoms with Crippen LogP contribution in [0.15, 0.2) is 30.6 Å². The highest BCUT2D eigenvalue weighted by Gasteiger charge is 2.14. The Labute approximate surface area is 94.3 Å². The summed E-state index contributed by atoms with van der Waals surface area (Å²) in [5.74, 6) is 0.900. The quantitative estimate of drug-likeness (QED) is 0.703. The van der Waals surface area contributed by atoms with Gasteiger partial charge in [0.2, 0.25) is 0 Å². The Balaban J connectivity index is 2.46. The molecule has 0 radical (unpaired) electrons. The second-order valence-electron chi connectivity index (χ2n) is 3.76. The molecule has 1 aromatic carbocycles. The molecule has 0 fully saturated rings. The van der Waals surface area contributed by atoms with Gasteiger partial charge in [0.1, 0.15) is 5.82 Å². The number of rotatable bonds is 2. The summed E-state index contributed by atoms with van der Waals surface area (Å²) in [5, 5.41) is 18.2. The summed E-state index contributed by atoms with van der Waals surface area (Å²) in [5.41, 5.74) is 2.35. The summed E-state index contributed by atoms with van der Waals surface area (Å²) in [6.07, 6.45) is 3.61. The summed E-state index contributed by atoms with van der Waals surface area (Å²) in [7, 11) is -1.42. The Kier molecular flexibility index (Phi) is 2.81. The van der Waals surface area contributed by atoms with Crippen molar-refractivity contribution in [2.45, 2.75) is 13.8 Å². The Morgan fingerprint density at radius 1 is 1.25 bits per heavy atom. The van der Waals surface area contributed by atoms with Crippen LogP contribution in [-0.4, -0.2) is 26.7 Å². The second-order valence-corrected chi connectivity index (χ2v) is 3.76. The van der Waals surface area contributed by atoms with Gasteiger partial charge in [-0.2, -0.15) is 0 Å². The summed E-state index contributed by atoms with van der Waals surface area (Å²) in [6, 6.07) is 5.47. The predicted octanol–water partition coefficient (Wildman–Crippen LogP) is 0.169. The molecular weight excluding hydrogens is 203 g/mol. The highest BCUT2D eigenvalue weighted by Crippen LogP contribution is 2.11. The summed E-state index contributed by atoms with van der Waals surface area (Å²) < 4.78 is 1.94. The summed E-state index contributed by atoms with van der Waals surface area (Å²) in [4.78, 5) is 4.14. The Morgan fingerprint density at radius 3 is 2.50 bits per heavy atom. The Bertz CT molecular complexity index is 508. The molecule has 0 saturated heterocycles. The monoisotopic (exact) mass is 216 g/mol. The maximum Gasteiger partial charge on any atom is 0.488 e. The lowest BCUT2D eigenvalue weighted by molar-refractivity contribution is 0.425. The maximum absolute atomic E-state index is 9.12. The van der Waals surface area contributed by atoms with E-state index in [0.29, 0.717) is 5.46 Å². The normalized spacial score (nSPS) is 10.5. The van der Waals surface area contributed by atoms with Crippen LogP contribution >= 0.6 is 0 Å². The summed E-state index contributed by atoms with van der Waals surface area (Å²) in [6.45, 7) is 3.77. The molecule has 0 atom stereocenters. The highest BCUT2D eigenvalue weighted by molar-refractivity contribution is 6.59. The average molecular weight is 216 g/mol. The minimum absolute atomic E-state index is 0.529. The molecular formula is C11H13BN2O2. The molecule has 0 amide bonds. The number of benzene rings is 1. The van der Waals surface area contributed by atoms with Crippen LogP contribution < -0.4 is 5.46 Å². The van der Waals surface area contributed by atoms with Crippen molar-refractivity contribution < 1.29 is 10.0 Å². The fourth-order valence-electron chi connectivity index (χ4n) is 1.75. The van der Waals surface area contributed by atoms with Gasteiger partial charge in [-0.05, 0) is 37.0 Å². The van der Waals surface area contributed by atoms with Gasteiger partial charge in [0.05, 0.1) is 0 Å². The van der Waals surface area contributed by atoms with Crippen LogP contribution in [0.4, 0.5) is 0 Å². The lowest BCUT2D eigenvalue weighted by Gasteiger charge is -2.09. The molecule has 16 heavy (non-hydrogen) atoms. The molecule has 4 nitrogen and oxygen atoms in total. The Morgan fingerprint density at radius 2 is 2.00 bits per heavy atom. The van der Waals surface area contributed by atoms with E-state index in [9.17, 15) is 0 Å².